The van der Waals surface area contributed by atoms with Crippen molar-refractivity contribution >= 4 is 28.6 Å². The Hall–Kier alpha value is -3.42. The van der Waals surface area contributed by atoms with Crippen molar-refractivity contribution in [1.29, 1.82) is 0 Å². The molecule has 8 heteroatoms. The number of nitrogen functional groups attached to an aromatic ring is 1. The molecule has 8 nitrogen and oxygen atoms in total. The number of esters is 1. The van der Waals surface area contributed by atoms with Crippen LogP contribution in [0.2, 0.25) is 0 Å². The Kier molecular flexibility index (Phi) is 3.80. The highest BCUT2D eigenvalue weighted by Gasteiger charge is 2.26. The second-order valence-corrected chi connectivity index (χ2v) is 6.16. The average molecular weight is 351 g/mol. The third-order valence-corrected chi connectivity index (χ3v) is 4.65. The Morgan fingerprint density at radius 3 is 3.00 bits per heavy atom. The number of H-pyrrole nitrogens is 1. The Balaban J connectivity index is 1.59. The first-order valence-corrected chi connectivity index (χ1v) is 8.18. The van der Waals surface area contributed by atoms with Crippen LogP contribution in [0.5, 0.6) is 0 Å². The van der Waals surface area contributed by atoms with E-state index in [0.29, 0.717) is 22.3 Å². The molecular weight excluding hydrogens is 334 g/mol. The van der Waals surface area contributed by atoms with Crippen LogP contribution in [-0.4, -0.2) is 33.9 Å². The minimum atomic E-state index is -0.368. The maximum atomic E-state index is 12.7. The van der Waals surface area contributed by atoms with Crippen LogP contribution in [0.25, 0.3) is 11.0 Å². The van der Waals surface area contributed by atoms with Gasteiger partial charge in [0.2, 0.25) is 0 Å². The van der Waals surface area contributed by atoms with E-state index in [-0.39, 0.29) is 23.6 Å². The normalized spacial score (nSPS) is 15.7. The average Bonchev–Trinajstić information content (AvgIpc) is 3.24. The predicted octanol–water partition coefficient (Wildman–Crippen LogP) is 1.74. The minimum Gasteiger partial charge on any atom is -0.465 e. The van der Waals surface area contributed by atoms with Crippen molar-refractivity contribution in [3.8, 4) is 0 Å². The van der Waals surface area contributed by atoms with Gasteiger partial charge >= 0.3 is 5.97 Å². The summed E-state index contributed by atoms with van der Waals surface area (Å²) in [6.45, 7) is 0. The summed E-state index contributed by atoms with van der Waals surface area (Å²) in [4.78, 5) is 35.5. The van der Waals surface area contributed by atoms with Crippen LogP contribution in [0, 0.1) is 0 Å². The van der Waals surface area contributed by atoms with E-state index >= 15 is 0 Å². The molecule has 1 aliphatic carbocycles. The van der Waals surface area contributed by atoms with Crippen LogP contribution in [0.15, 0.2) is 30.7 Å². The molecule has 3 aromatic rings. The lowest BCUT2D eigenvalue weighted by Gasteiger charge is -2.14. The Bertz CT molecular complexity index is 1030. The number of benzene rings is 1. The highest BCUT2D eigenvalue weighted by Crippen LogP contribution is 2.32. The SMILES string of the molecule is COC(=O)c1ccc2c(c1)CC[C@@H]2NC(=O)c1ncnc2c(N)c[nH]c12. The van der Waals surface area contributed by atoms with Gasteiger partial charge in [0.15, 0.2) is 5.69 Å². The van der Waals surface area contributed by atoms with E-state index in [4.69, 9.17) is 10.5 Å². The summed E-state index contributed by atoms with van der Waals surface area (Å²) < 4.78 is 4.75. The number of rotatable bonds is 3. The van der Waals surface area contributed by atoms with Crippen LogP contribution < -0.4 is 11.1 Å². The third kappa shape index (κ3) is 2.55. The Labute approximate surface area is 148 Å². The van der Waals surface area contributed by atoms with Gasteiger partial charge in [0, 0.05) is 6.20 Å². The van der Waals surface area contributed by atoms with E-state index in [0.717, 1.165) is 24.0 Å². The highest BCUT2D eigenvalue weighted by molar-refractivity contribution is 6.05. The number of amides is 1. The number of carbonyl (C=O) groups excluding carboxylic acids is 2. The largest absolute Gasteiger partial charge is 0.465 e. The molecular formula is C18H17N5O3. The van der Waals surface area contributed by atoms with Gasteiger partial charge in [0.1, 0.15) is 11.8 Å². The molecule has 2 heterocycles. The van der Waals surface area contributed by atoms with Crippen molar-refractivity contribution in [1.82, 2.24) is 20.3 Å². The van der Waals surface area contributed by atoms with Crippen molar-refractivity contribution in [2.75, 3.05) is 12.8 Å². The van der Waals surface area contributed by atoms with Gasteiger partial charge < -0.3 is 20.8 Å². The van der Waals surface area contributed by atoms with Crippen molar-refractivity contribution < 1.29 is 14.3 Å². The molecule has 0 aliphatic heterocycles. The van der Waals surface area contributed by atoms with Crippen molar-refractivity contribution in [3.05, 3.63) is 53.1 Å². The number of ether oxygens (including phenoxy) is 1. The number of carbonyl (C=O) groups is 2. The number of nitrogens with two attached hydrogens (primary N) is 1. The molecule has 0 saturated heterocycles. The van der Waals surface area contributed by atoms with Crippen LogP contribution >= 0.6 is 0 Å². The zero-order valence-corrected chi connectivity index (χ0v) is 14.1. The number of anilines is 1. The molecule has 1 amide bonds. The summed E-state index contributed by atoms with van der Waals surface area (Å²) in [6.07, 6.45) is 4.45. The van der Waals surface area contributed by atoms with Crippen LogP contribution in [0.3, 0.4) is 0 Å². The summed E-state index contributed by atoms with van der Waals surface area (Å²) in [7, 11) is 1.36. The first-order chi connectivity index (χ1) is 12.6. The highest BCUT2D eigenvalue weighted by atomic mass is 16.5. The molecule has 1 aromatic carbocycles. The Morgan fingerprint density at radius 2 is 2.19 bits per heavy atom. The van der Waals surface area contributed by atoms with Gasteiger partial charge in [-0.15, -0.1) is 0 Å². The van der Waals surface area contributed by atoms with Crippen LogP contribution in [0.1, 0.15) is 44.4 Å². The molecule has 2 aromatic heterocycles. The fourth-order valence-corrected chi connectivity index (χ4v) is 3.37. The first kappa shape index (κ1) is 16.1. The maximum Gasteiger partial charge on any atom is 0.337 e. The molecule has 4 N–H and O–H groups in total. The fraction of sp³-hybridized carbons (Fsp3) is 0.222. The zero-order chi connectivity index (χ0) is 18.3. The number of nitrogens with zero attached hydrogens (tertiary/aromatic N) is 2. The van der Waals surface area contributed by atoms with E-state index in [1.165, 1.54) is 13.4 Å². The molecule has 1 aliphatic rings. The predicted molar refractivity (Wildman–Crippen MR) is 94.6 cm³/mol. The molecule has 0 bridgehead atoms. The number of methoxy groups -OCH3 is 1. The van der Waals surface area contributed by atoms with Gasteiger partial charge in [0.25, 0.3) is 5.91 Å². The molecule has 0 fully saturated rings. The summed E-state index contributed by atoms with van der Waals surface area (Å²) in [5, 5.41) is 3.01. The van der Waals surface area contributed by atoms with E-state index in [2.05, 4.69) is 20.3 Å². The third-order valence-electron chi connectivity index (χ3n) is 4.65. The topological polar surface area (TPSA) is 123 Å². The second-order valence-electron chi connectivity index (χ2n) is 6.16. The van der Waals surface area contributed by atoms with Crippen molar-refractivity contribution in [2.24, 2.45) is 0 Å². The lowest BCUT2D eigenvalue weighted by Crippen LogP contribution is -2.28. The van der Waals surface area contributed by atoms with Gasteiger partial charge in [-0.2, -0.15) is 0 Å². The molecule has 0 radical (unpaired) electrons. The smallest absolute Gasteiger partial charge is 0.337 e. The number of hydrogen-bond acceptors (Lipinski definition) is 6. The summed E-state index contributed by atoms with van der Waals surface area (Å²) in [6, 6.07) is 5.26. The Morgan fingerprint density at radius 1 is 1.35 bits per heavy atom. The number of aryl methyl sites for hydroxylation is 1. The van der Waals surface area contributed by atoms with Gasteiger partial charge in [-0.3, -0.25) is 4.79 Å². The summed E-state index contributed by atoms with van der Waals surface area (Å²) in [5.74, 6) is -0.665. The van der Waals surface area contributed by atoms with Crippen molar-refractivity contribution in [3.63, 3.8) is 0 Å². The quantitative estimate of drug-likeness (QED) is 0.618. The minimum absolute atomic E-state index is 0.137. The fourth-order valence-electron chi connectivity index (χ4n) is 3.37. The zero-order valence-electron chi connectivity index (χ0n) is 14.1. The van der Waals surface area contributed by atoms with E-state index in [9.17, 15) is 9.59 Å². The molecule has 26 heavy (non-hydrogen) atoms. The monoisotopic (exact) mass is 351 g/mol. The van der Waals surface area contributed by atoms with Gasteiger partial charge in [-0.1, -0.05) is 6.07 Å². The summed E-state index contributed by atoms with van der Waals surface area (Å²) in [5.41, 5.74) is 10.2. The number of fused-ring (bicyclic) bond motifs is 2. The molecule has 4 rings (SSSR count). The number of aromatic amines is 1. The lowest BCUT2D eigenvalue weighted by molar-refractivity contribution is 0.0600. The number of hydrogen-bond donors (Lipinski definition) is 3. The first-order valence-electron chi connectivity index (χ1n) is 8.18. The number of aromatic nitrogens is 3. The summed E-state index contributed by atoms with van der Waals surface area (Å²) >= 11 is 0. The van der Waals surface area contributed by atoms with E-state index in [1.54, 1.807) is 12.3 Å². The molecule has 132 valence electrons. The van der Waals surface area contributed by atoms with E-state index in [1.807, 2.05) is 12.1 Å². The molecule has 1 atom stereocenters. The van der Waals surface area contributed by atoms with E-state index < -0.39 is 0 Å². The molecule has 0 unspecified atom stereocenters. The van der Waals surface area contributed by atoms with Crippen molar-refractivity contribution in [2.45, 2.75) is 18.9 Å². The maximum absolute atomic E-state index is 12.7. The molecule has 0 saturated carbocycles. The molecule has 0 spiro atoms. The van der Waals surface area contributed by atoms with Gasteiger partial charge in [-0.25, -0.2) is 14.8 Å². The standard InChI is InChI=1S/C18H17N5O3/c1-26-18(25)10-2-4-11-9(6-10)3-5-13(11)23-17(24)16-15-14(21-8-22-16)12(19)7-20-15/h2,4,6-8,13,20H,3,5,19H2,1H3,(H,23,24)/t13-/m0/s1. The van der Waals surface area contributed by atoms with Crippen LogP contribution in [-0.2, 0) is 11.2 Å². The lowest BCUT2D eigenvalue weighted by atomic mass is 10.0. The van der Waals surface area contributed by atoms with Gasteiger partial charge in [0.05, 0.1) is 29.9 Å². The van der Waals surface area contributed by atoms with Gasteiger partial charge in [-0.05, 0) is 36.1 Å². The van der Waals surface area contributed by atoms with Crippen LogP contribution in [0.4, 0.5) is 5.69 Å². The number of nitrogens with one attached hydrogen (secondary N) is 2. The second kappa shape index (κ2) is 6.14.